The quantitative estimate of drug-likeness (QED) is 0.802. The van der Waals surface area contributed by atoms with Crippen LogP contribution < -0.4 is 0 Å². The third kappa shape index (κ3) is 1.86. The van der Waals surface area contributed by atoms with Crippen molar-refractivity contribution in [3.63, 3.8) is 0 Å². The summed E-state index contributed by atoms with van der Waals surface area (Å²) in [5.41, 5.74) is 2.21. The van der Waals surface area contributed by atoms with E-state index in [9.17, 15) is 0 Å². The molecule has 1 heterocycles. The van der Waals surface area contributed by atoms with Crippen molar-refractivity contribution in [1.29, 1.82) is 0 Å². The second-order valence-corrected chi connectivity index (χ2v) is 3.15. The number of hydrogen-bond acceptors (Lipinski definition) is 2. The smallest absolute Gasteiger partial charge is 0.133 e. The van der Waals surface area contributed by atoms with Crippen LogP contribution in [0.1, 0.15) is 5.56 Å². The molecule has 2 nitrogen and oxygen atoms in total. The van der Waals surface area contributed by atoms with E-state index in [1.807, 2.05) is 36.4 Å². The van der Waals surface area contributed by atoms with Crippen LogP contribution >= 0.6 is 0 Å². The fraction of sp³-hybridized carbons (Fsp3) is 0.167. The Morgan fingerprint density at radius 3 is 2.43 bits per heavy atom. The van der Waals surface area contributed by atoms with Gasteiger partial charge in [-0.15, -0.1) is 0 Å². The topological polar surface area (TPSA) is 33.4 Å². The van der Waals surface area contributed by atoms with Gasteiger partial charge in [0, 0.05) is 12.2 Å². The lowest BCUT2D eigenvalue weighted by atomic mass is 10.1. The Hall–Kier alpha value is -1.54. The largest absolute Gasteiger partial charge is 0.464 e. The maximum Gasteiger partial charge on any atom is 0.133 e. The first kappa shape index (κ1) is 9.03. The summed E-state index contributed by atoms with van der Waals surface area (Å²) in [7, 11) is 0. The van der Waals surface area contributed by atoms with Crippen LogP contribution in [0.25, 0.3) is 11.3 Å². The SMILES string of the molecule is OCCc1ccc(-c2ccco2)cc1. The maximum atomic E-state index is 8.75. The Morgan fingerprint density at radius 1 is 1.07 bits per heavy atom. The summed E-state index contributed by atoms with van der Waals surface area (Å²) < 4.78 is 5.27. The number of rotatable bonds is 3. The van der Waals surface area contributed by atoms with E-state index in [4.69, 9.17) is 9.52 Å². The normalized spacial score (nSPS) is 10.4. The molecule has 0 radical (unpaired) electrons. The average molecular weight is 188 g/mol. The van der Waals surface area contributed by atoms with Crippen molar-refractivity contribution in [2.24, 2.45) is 0 Å². The molecule has 1 N–H and O–H groups in total. The van der Waals surface area contributed by atoms with E-state index in [1.165, 1.54) is 0 Å². The number of hydrogen-bond donors (Lipinski definition) is 1. The zero-order valence-corrected chi connectivity index (χ0v) is 7.81. The van der Waals surface area contributed by atoms with Crippen LogP contribution in [-0.2, 0) is 6.42 Å². The highest BCUT2D eigenvalue weighted by atomic mass is 16.3. The van der Waals surface area contributed by atoms with Gasteiger partial charge in [0.2, 0.25) is 0 Å². The summed E-state index contributed by atoms with van der Waals surface area (Å²) in [6, 6.07) is 11.8. The average Bonchev–Trinajstić information content (AvgIpc) is 2.72. The molecule has 14 heavy (non-hydrogen) atoms. The van der Waals surface area contributed by atoms with E-state index in [-0.39, 0.29) is 6.61 Å². The fourth-order valence-electron chi connectivity index (χ4n) is 1.41. The molecule has 0 bridgehead atoms. The van der Waals surface area contributed by atoms with Crippen LogP contribution in [0.3, 0.4) is 0 Å². The second kappa shape index (κ2) is 4.11. The highest BCUT2D eigenvalue weighted by molar-refractivity contribution is 5.57. The number of aliphatic hydroxyl groups is 1. The molecular formula is C12H12O2. The van der Waals surface area contributed by atoms with Crippen molar-refractivity contribution in [3.05, 3.63) is 48.2 Å². The molecular weight excluding hydrogens is 176 g/mol. The van der Waals surface area contributed by atoms with Gasteiger partial charge in [0.25, 0.3) is 0 Å². The van der Waals surface area contributed by atoms with Gasteiger partial charge < -0.3 is 9.52 Å². The predicted octanol–water partition coefficient (Wildman–Crippen LogP) is 2.48. The van der Waals surface area contributed by atoms with Crippen LogP contribution in [0.15, 0.2) is 47.1 Å². The summed E-state index contributed by atoms with van der Waals surface area (Å²) in [6.45, 7) is 0.195. The third-order valence-corrected chi connectivity index (χ3v) is 2.16. The van der Waals surface area contributed by atoms with Crippen molar-refractivity contribution >= 4 is 0 Å². The molecule has 2 aromatic rings. The lowest BCUT2D eigenvalue weighted by molar-refractivity contribution is 0.299. The Labute approximate surface area is 82.8 Å². The van der Waals surface area contributed by atoms with Gasteiger partial charge in [-0.2, -0.15) is 0 Å². The molecule has 0 fully saturated rings. The second-order valence-electron chi connectivity index (χ2n) is 3.15. The lowest BCUT2D eigenvalue weighted by Crippen LogP contribution is -1.89. The zero-order valence-electron chi connectivity index (χ0n) is 7.81. The Kier molecular flexibility index (Phi) is 2.65. The summed E-state index contributed by atoms with van der Waals surface area (Å²) >= 11 is 0. The van der Waals surface area contributed by atoms with Gasteiger partial charge in [-0.1, -0.05) is 24.3 Å². The fourth-order valence-corrected chi connectivity index (χ4v) is 1.41. The molecule has 1 aromatic carbocycles. The number of aliphatic hydroxyl groups excluding tert-OH is 1. The highest BCUT2D eigenvalue weighted by Crippen LogP contribution is 2.19. The molecule has 1 aromatic heterocycles. The molecule has 0 atom stereocenters. The molecule has 2 heteroatoms. The minimum atomic E-state index is 0.195. The van der Waals surface area contributed by atoms with Crippen molar-refractivity contribution in [2.75, 3.05) is 6.61 Å². The van der Waals surface area contributed by atoms with E-state index in [0.29, 0.717) is 6.42 Å². The molecule has 0 saturated heterocycles. The number of furan rings is 1. The molecule has 0 saturated carbocycles. The van der Waals surface area contributed by atoms with E-state index in [0.717, 1.165) is 16.9 Å². The molecule has 0 spiro atoms. The Balaban J connectivity index is 2.22. The Morgan fingerprint density at radius 2 is 1.86 bits per heavy atom. The van der Waals surface area contributed by atoms with E-state index >= 15 is 0 Å². The van der Waals surface area contributed by atoms with Gasteiger partial charge in [0.15, 0.2) is 0 Å². The predicted molar refractivity (Wildman–Crippen MR) is 54.9 cm³/mol. The van der Waals surface area contributed by atoms with Crippen molar-refractivity contribution < 1.29 is 9.52 Å². The van der Waals surface area contributed by atoms with Gasteiger partial charge in [0.05, 0.1) is 6.26 Å². The molecule has 0 aliphatic carbocycles. The lowest BCUT2D eigenvalue weighted by Gasteiger charge is -1.99. The zero-order chi connectivity index (χ0) is 9.80. The van der Waals surface area contributed by atoms with Crippen LogP contribution in [0, 0.1) is 0 Å². The van der Waals surface area contributed by atoms with Crippen LogP contribution in [0.2, 0.25) is 0 Å². The first-order chi connectivity index (χ1) is 6.90. The van der Waals surface area contributed by atoms with Gasteiger partial charge in [-0.3, -0.25) is 0 Å². The van der Waals surface area contributed by atoms with Crippen molar-refractivity contribution in [3.8, 4) is 11.3 Å². The molecule has 0 amide bonds. The van der Waals surface area contributed by atoms with E-state index < -0.39 is 0 Å². The van der Waals surface area contributed by atoms with Crippen LogP contribution in [0.4, 0.5) is 0 Å². The van der Waals surface area contributed by atoms with Gasteiger partial charge >= 0.3 is 0 Å². The summed E-state index contributed by atoms with van der Waals surface area (Å²) in [5, 5.41) is 8.75. The number of benzene rings is 1. The van der Waals surface area contributed by atoms with E-state index in [1.54, 1.807) is 6.26 Å². The maximum absolute atomic E-state index is 8.75. The van der Waals surface area contributed by atoms with E-state index in [2.05, 4.69) is 0 Å². The molecule has 0 aliphatic heterocycles. The third-order valence-electron chi connectivity index (χ3n) is 2.16. The molecule has 0 aliphatic rings. The summed E-state index contributed by atoms with van der Waals surface area (Å²) in [6.07, 6.45) is 2.37. The monoisotopic (exact) mass is 188 g/mol. The Bertz CT molecular complexity index is 373. The summed E-state index contributed by atoms with van der Waals surface area (Å²) in [5.74, 6) is 0.876. The molecule has 72 valence electrons. The van der Waals surface area contributed by atoms with Crippen LogP contribution in [-0.4, -0.2) is 11.7 Å². The molecule has 2 rings (SSSR count). The minimum absolute atomic E-state index is 0.195. The summed E-state index contributed by atoms with van der Waals surface area (Å²) in [4.78, 5) is 0. The molecule has 0 unspecified atom stereocenters. The first-order valence-corrected chi connectivity index (χ1v) is 4.64. The van der Waals surface area contributed by atoms with Gasteiger partial charge in [-0.05, 0) is 24.1 Å². The standard InChI is InChI=1S/C12H12O2/c13-8-7-10-3-5-11(6-4-10)12-2-1-9-14-12/h1-6,9,13H,7-8H2. The first-order valence-electron chi connectivity index (χ1n) is 4.64. The van der Waals surface area contributed by atoms with Crippen molar-refractivity contribution in [2.45, 2.75) is 6.42 Å². The van der Waals surface area contributed by atoms with Gasteiger partial charge in [-0.25, -0.2) is 0 Å². The van der Waals surface area contributed by atoms with Crippen molar-refractivity contribution in [1.82, 2.24) is 0 Å². The minimum Gasteiger partial charge on any atom is -0.464 e. The van der Waals surface area contributed by atoms with Gasteiger partial charge in [0.1, 0.15) is 5.76 Å². The highest BCUT2D eigenvalue weighted by Gasteiger charge is 1.99. The van der Waals surface area contributed by atoms with Crippen LogP contribution in [0.5, 0.6) is 0 Å².